The Morgan fingerprint density at radius 2 is 2.18 bits per heavy atom. The van der Waals surface area contributed by atoms with Crippen molar-refractivity contribution in [2.75, 3.05) is 0 Å². The molecule has 1 rings (SSSR count). The smallest absolute Gasteiger partial charge is 0.275 e. The quantitative estimate of drug-likeness (QED) is 0.467. The predicted molar refractivity (Wildman–Crippen MR) is 66.7 cm³/mol. The monoisotopic (exact) mass is 235 g/mol. The fourth-order valence-electron chi connectivity index (χ4n) is 1.65. The number of benzene rings is 1. The van der Waals surface area contributed by atoms with Crippen molar-refractivity contribution in [2.24, 2.45) is 0 Å². The van der Waals surface area contributed by atoms with Crippen LogP contribution in [0, 0.1) is 10.1 Å². The van der Waals surface area contributed by atoms with Crippen LogP contribution in [0.4, 0.5) is 5.69 Å². The van der Waals surface area contributed by atoms with Crippen molar-refractivity contribution in [1.82, 2.24) is 0 Å². The highest BCUT2D eigenvalue weighted by Gasteiger charge is 2.21. The molecule has 0 radical (unpaired) electrons. The molecular formula is C13H17NO3. The summed E-state index contributed by atoms with van der Waals surface area (Å²) in [6, 6.07) is 6.23. The molecule has 0 heterocycles. The second-order valence-corrected chi connectivity index (χ2v) is 3.98. The SMILES string of the molecule is C=C(CCCC)C(O)c1ccccc1[N+](=O)[O-]. The van der Waals surface area contributed by atoms with Crippen molar-refractivity contribution in [1.29, 1.82) is 0 Å². The minimum absolute atomic E-state index is 0.0577. The van der Waals surface area contributed by atoms with Gasteiger partial charge in [0.15, 0.2) is 0 Å². The van der Waals surface area contributed by atoms with E-state index in [4.69, 9.17) is 0 Å². The van der Waals surface area contributed by atoms with E-state index in [2.05, 4.69) is 6.58 Å². The summed E-state index contributed by atoms with van der Waals surface area (Å²) in [4.78, 5) is 10.3. The molecule has 1 aromatic carbocycles. The van der Waals surface area contributed by atoms with Gasteiger partial charge in [-0.3, -0.25) is 10.1 Å². The van der Waals surface area contributed by atoms with Crippen molar-refractivity contribution in [3.8, 4) is 0 Å². The third kappa shape index (κ3) is 3.39. The molecule has 17 heavy (non-hydrogen) atoms. The van der Waals surface area contributed by atoms with E-state index in [9.17, 15) is 15.2 Å². The molecular weight excluding hydrogens is 218 g/mol. The highest BCUT2D eigenvalue weighted by molar-refractivity contribution is 5.43. The summed E-state index contributed by atoms with van der Waals surface area (Å²) in [7, 11) is 0. The minimum Gasteiger partial charge on any atom is -0.384 e. The maximum atomic E-state index is 10.8. The summed E-state index contributed by atoms with van der Waals surface area (Å²) in [6.07, 6.45) is 1.66. The molecule has 0 saturated carbocycles. The Labute approximate surface area is 101 Å². The maximum absolute atomic E-state index is 10.8. The fourth-order valence-corrected chi connectivity index (χ4v) is 1.65. The molecule has 0 aliphatic rings. The third-order valence-corrected chi connectivity index (χ3v) is 2.67. The van der Waals surface area contributed by atoms with E-state index in [1.165, 1.54) is 6.07 Å². The molecule has 1 atom stereocenters. The van der Waals surface area contributed by atoms with Gasteiger partial charge in [0.25, 0.3) is 5.69 Å². The van der Waals surface area contributed by atoms with Gasteiger partial charge in [-0.2, -0.15) is 0 Å². The second kappa shape index (κ2) is 6.15. The second-order valence-electron chi connectivity index (χ2n) is 3.98. The lowest BCUT2D eigenvalue weighted by atomic mass is 9.97. The number of hydrogen-bond donors (Lipinski definition) is 1. The molecule has 0 spiro atoms. The number of nitro benzene ring substituents is 1. The number of unbranched alkanes of at least 4 members (excludes halogenated alkanes) is 1. The van der Waals surface area contributed by atoms with Gasteiger partial charge in [0.1, 0.15) is 6.10 Å². The number of nitrogens with zero attached hydrogens (tertiary/aromatic N) is 1. The van der Waals surface area contributed by atoms with Crippen LogP contribution in [0.25, 0.3) is 0 Å². The Kier molecular flexibility index (Phi) is 4.84. The van der Waals surface area contributed by atoms with Gasteiger partial charge in [0.05, 0.1) is 10.5 Å². The standard InChI is InChI=1S/C13H17NO3/c1-3-4-7-10(2)13(15)11-8-5-6-9-12(11)14(16)17/h5-6,8-9,13,15H,2-4,7H2,1H3. The summed E-state index contributed by atoms with van der Waals surface area (Å²) >= 11 is 0. The van der Waals surface area contributed by atoms with Crippen LogP contribution in [0.1, 0.15) is 37.9 Å². The molecule has 1 unspecified atom stereocenters. The van der Waals surface area contributed by atoms with Crippen molar-refractivity contribution in [2.45, 2.75) is 32.3 Å². The molecule has 0 aliphatic heterocycles. The lowest BCUT2D eigenvalue weighted by Crippen LogP contribution is -2.04. The Morgan fingerprint density at radius 1 is 1.53 bits per heavy atom. The van der Waals surface area contributed by atoms with E-state index in [0.29, 0.717) is 17.6 Å². The summed E-state index contributed by atoms with van der Waals surface area (Å²) in [5.41, 5.74) is 0.886. The van der Waals surface area contributed by atoms with Crippen LogP contribution in [0.15, 0.2) is 36.4 Å². The number of rotatable bonds is 6. The highest BCUT2D eigenvalue weighted by atomic mass is 16.6. The summed E-state index contributed by atoms with van der Waals surface area (Å²) in [6.45, 7) is 5.84. The summed E-state index contributed by atoms with van der Waals surface area (Å²) < 4.78 is 0. The van der Waals surface area contributed by atoms with Crippen LogP contribution >= 0.6 is 0 Å². The fraction of sp³-hybridized carbons (Fsp3) is 0.385. The Bertz CT molecular complexity index is 415. The normalized spacial score (nSPS) is 12.1. The Hall–Kier alpha value is -1.68. The highest BCUT2D eigenvalue weighted by Crippen LogP contribution is 2.30. The number of hydrogen-bond acceptors (Lipinski definition) is 3. The first-order valence-corrected chi connectivity index (χ1v) is 5.67. The van der Waals surface area contributed by atoms with E-state index in [0.717, 1.165) is 12.8 Å². The van der Waals surface area contributed by atoms with Gasteiger partial charge in [-0.15, -0.1) is 0 Å². The third-order valence-electron chi connectivity index (χ3n) is 2.67. The van der Waals surface area contributed by atoms with Crippen molar-refractivity contribution >= 4 is 5.69 Å². The summed E-state index contributed by atoms with van der Waals surface area (Å²) in [5.74, 6) is 0. The number of nitro groups is 1. The maximum Gasteiger partial charge on any atom is 0.275 e. The zero-order chi connectivity index (χ0) is 12.8. The minimum atomic E-state index is -0.955. The van der Waals surface area contributed by atoms with Gasteiger partial charge >= 0.3 is 0 Å². The zero-order valence-corrected chi connectivity index (χ0v) is 9.93. The molecule has 92 valence electrons. The molecule has 0 amide bonds. The molecule has 0 fully saturated rings. The average Bonchev–Trinajstić information content (AvgIpc) is 2.34. The first kappa shape index (κ1) is 13.4. The number of aliphatic hydroxyl groups excluding tert-OH is 1. The van der Waals surface area contributed by atoms with Gasteiger partial charge in [-0.1, -0.05) is 32.1 Å². The van der Waals surface area contributed by atoms with Crippen molar-refractivity contribution in [3.05, 3.63) is 52.1 Å². The van der Waals surface area contributed by atoms with Crippen LogP contribution in [0.2, 0.25) is 0 Å². The van der Waals surface area contributed by atoms with E-state index in [1.54, 1.807) is 18.2 Å². The number of aliphatic hydroxyl groups is 1. The molecule has 4 heteroatoms. The van der Waals surface area contributed by atoms with Gasteiger partial charge in [-0.05, 0) is 24.5 Å². The van der Waals surface area contributed by atoms with E-state index >= 15 is 0 Å². The average molecular weight is 235 g/mol. The van der Waals surface area contributed by atoms with Crippen LogP contribution in [-0.2, 0) is 0 Å². The van der Waals surface area contributed by atoms with Crippen LogP contribution < -0.4 is 0 Å². The van der Waals surface area contributed by atoms with Crippen LogP contribution in [0.5, 0.6) is 0 Å². The lowest BCUT2D eigenvalue weighted by Gasteiger charge is -2.13. The van der Waals surface area contributed by atoms with E-state index in [-0.39, 0.29) is 5.69 Å². The largest absolute Gasteiger partial charge is 0.384 e. The van der Waals surface area contributed by atoms with Crippen LogP contribution in [-0.4, -0.2) is 10.0 Å². The van der Waals surface area contributed by atoms with Crippen LogP contribution in [0.3, 0.4) is 0 Å². The van der Waals surface area contributed by atoms with Gasteiger partial charge < -0.3 is 5.11 Å². The molecule has 0 aliphatic carbocycles. The number of para-hydroxylation sites is 1. The lowest BCUT2D eigenvalue weighted by molar-refractivity contribution is -0.386. The van der Waals surface area contributed by atoms with Gasteiger partial charge in [0.2, 0.25) is 0 Å². The predicted octanol–water partition coefficient (Wildman–Crippen LogP) is 3.37. The first-order chi connectivity index (χ1) is 8.07. The van der Waals surface area contributed by atoms with Crippen molar-refractivity contribution < 1.29 is 10.0 Å². The Morgan fingerprint density at radius 3 is 2.76 bits per heavy atom. The van der Waals surface area contributed by atoms with E-state index in [1.807, 2.05) is 6.92 Å². The molecule has 1 aromatic rings. The molecule has 0 saturated heterocycles. The molecule has 4 nitrogen and oxygen atoms in total. The van der Waals surface area contributed by atoms with E-state index < -0.39 is 11.0 Å². The Balaban J connectivity index is 2.91. The van der Waals surface area contributed by atoms with Gasteiger partial charge in [0, 0.05) is 6.07 Å². The molecule has 1 N–H and O–H groups in total. The van der Waals surface area contributed by atoms with Crippen molar-refractivity contribution in [3.63, 3.8) is 0 Å². The topological polar surface area (TPSA) is 63.4 Å². The molecule has 0 bridgehead atoms. The first-order valence-electron chi connectivity index (χ1n) is 5.67. The molecule has 0 aromatic heterocycles. The summed E-state index contributed by atoms with van der Waals surface area (Å²) in [5, 5.41) is 20.9. The van der Waals surface area contributed by atoms with Gasteiger partial charge in [-0.25, -0.2) is 0 Å². The zero-order valence-electron chi connectivity index (χ0n) is 9.93.